The van der Waals surface area contributed by atoms with Crippen molar-refractivity contribution in [3.8, 4) is 11.3 Å². The van der Waals surface area contributed by atoms with E-state index in [2.05, 4.69) is 10.5 Å². The van der Waals surface area contributed by atoms with Crippen LogP contribution in [0.2, 0.25) is 0 Å². The van der Waals surface area contributed by atoms with Gasteiger partial charge in [0.05, 0.1) is 34.9 Å². The van der Waals surface area contributed by atoms with Crippen LogP contribution in [-0.2, 0) is 20.0 Å². The third kappa shape index (κ3) is 3.14. The molecule has 1 amide bonds. The van der Waals surface area contributed by atoms with Crippen molar-refractivity contribution in [1.29, 1.82) is 0 Å². The number of benzene rings is 2. The number of halogens is 3. The van der Waals surface area contributed by atoms with E-state index >= 15 is 0 Å². The summed E-state index contributed by atoms with van der Waals surface area (Å²) in [5.41, 5.74) is 11.5. The van der Waals surface area contributed by atoms with Gasteiger partial charge in [-0.15, -0.1) is 0 Å². The molecular formula is C20H19F3N6O. The molecule has 1 aliphatic heterocycles. The summed E-state index contributed by atoms with van der Waals surface area (Å²) >= 11 is 0. The van der Waals surface area contributed by atoms with E-state index in [0.717, 1.165) is 17.7 Å². The number of hydrogen-bond donors (Lipinski definition) is 3. The van der Waals surface area contributed by atoms with Crippen LogP contribution in [0.25, 0.3) is 11.3 Å². The largest absolute Gasteiger partial charge is 0.396 e. The molecular weight excluding hydrogens is 397 g/mol. The third-order valence-electron chi connectivity index (χ3n) is 5.24. The highest BCUT2D eigenvalue weighted by Gasteiger charge is 2.29. The molecule has 30 heavy (non-hydrogen) atoms. The summed E-state index contributed by atoms with van der Waals surface area (Å²) < 4.78 is 42.3. The molecule has 2 heterocycles. The SMILES string of the molecule is Cn1nc2c(c1-c1cc(F)c(F)c(F)c1)CCN(C(=O)c1cccc(NN)c1N)C2. The lowest BCUT2D eigenvalue weighted by molar-refractivity contribution is 0.0733. The first-order valence-electron chi connectivity index (χ1n) is 9.15. The number of carbonyl (C=O) groups excluding carboxylic acids is 1. The summed E-state index contributed by atoms with van der Waals surface area (Å²) in [4.78, 5) is 14.6. The zero-order valence-electron chi connectivity index (χ0n) is 16.0. The third-order valence-corrected chi connectivity index (χ3v) is 5.24. The van der Waals surface area contributed by atoms with Crippen LogP contribution in [0.5, 0.6) is 0 Å². The number of hydrazine groups is 1. The van der Waals surface area contributed by atoms with Crippen LogP contribution >= 0.6 is 0 Å². The molecule has 5 N–H and O–H groups in total. The van der Waals surface area contributed by atoms with Gasteiger partial charge in [0.1, 0.15) is 0 Å². The zero-order chi connectivity index (χ0) is 21.6. The number of carbonyl (C=O) groups is 1. The average molecular weight is 416 g/mol. The van der Waals surface area contributed by atoms with Gasteiger partial charge in [-0.3, -0.25) is 15.3 Å². The first kappa shape index (κ1) is 19.8. The minimum atomic E-state index is -1.52. The van der Waals surface area contributed by atoms with Crippen molar-refractivity contribution in [3.05, 3.63) is 64.6 Å². The number of nitrogens with one attached hydrogen (secondary N) is 1. The van der Waals surface area contributed by atoms with E-state index in [1.54, 1.807) is 30.1 Å². The van der Waals surface area contributed by atoms with Crippen LogP contribution in [0.3, 0.4) is 0 Å². The Morgan fingerprint density at radius 3 is 2.57 bits per heavy atom. The summed E-state index contributed by atoms with van der Waals surface area (Å²) in [5, 5.41) is 4.41. The molecule has 0 atom stereocenters. The van der Waals surface area contributed by atoms with Gasteiger partial charge in [0.2, 0.25) is 0 Å². The molecule has 0 spiro atoms. The van der Waals surface area contributed by atoms with E-state index < -0.39 is 17.5 Å². The molecule has 4 rings (SSSR count). The van der Waals surface area contributed by atoms with E-state index in [1.807, 2.05) is 0 Å². The maximum Gasteiger partial charge on any atom is 0.256 e. The van der Waals surface area contributed by atoms with Gasteiger partial charge in [-0.05, 0) is 30.7 Å². The Labute approximate surface area is 170 Å². The number of nitrogens with two attached hydrogens (primary N) is 2. The van der Waals surface area contributed by atoms with Crippen molar-refractivity contribution in [3.63, 3.8) is 0 Å². The number of nitrogens with zero attached hydrogens (tertiary/aromatic N) is 3. The Morgan fingerprint density at radius 2 is 1.90 bits per heavy atom. The average Bonchev–Trinajstić information content (AvgIpc) is 3.06. The monoisotopic (exact) mass is 416 g/mol. The molecule has 0 saturated carbocycles. The molecule has 7 nitrogen and oxygen atoms in total. The molecule has 2 aromatic carbocycles. The van der Waals surface area contributed by atoms with Crippen LogP contribution in [-0.4, -0.2) is 27.1 Å². The molecule has 156 valence electrons. The fourth-order valence-corrected chi connectivity index (χ4v) is 3.79. The number of aryl methyl sites for hydroxylation is 1. The van der Waals surface area contributed by atoms with Crippen LogP contribution in [0, 0.1) is 17.5 Å². The van der Waals surface area contributed by atoms with Crippen molar-refractivity contribution < 1.29 is 18.0 Å². The highest BCUT2D eigenvalue weighted by atomic mass is 19.2. The first-order chi connectivity index (χ1) is 14.3. The van der Waals surface area contributed by atoms with E-state index in [0.29, 0.717) is 35.6 Å². The van der Waals surface area contributed by atoms with Crippen molar-refractivity contribution in [2.45, 2.75) is 13.0 Å². The molecule has 0 radical (unpaired) electrons. The number of rotatable bonds is 3. The second kappa shape index (κ2) is 7.38. The fraction of sp³-hybridized carbons (Fsp3) is 0.200. The number of aromatic nitrogens is 2. The van der Waals surface area contributed by atoms with Crippen LogP contribution in [0.4, 0.5) is 24.5 Å². The number of para-hydroxylation sites is 1. The van der Waals surface area contributed by atoms with E-state index in [4.69, 9.17) is 11.6 Å². The fourth-order valence-electron chi connectivity index (χ4n) is 3.79. The number of hydrogen-bond acceptors (Lipinski definition) is 5. The smallest absolute Gasteiger partial charge is 0.256 e. The molecule has 1 aliphatic rings. The Bertz CT molecular complexity index is 1140. The maximum absolute atomic E-state index is 13.7. The number of nitrogen functional groups attached to an aromatic ring is 2. The lowest BCUT2D eigenvalue weighted by atomic mass is 9.98. The van der Waals surface area contributed by atoms with Gasteiger partial charge in [0.15, 0.2) is 17.5 Å². The Kier molecular flexibility index (Phi) is 4.86. The van der Waals surface area contributed by atoms with Crippen LogP contribution in [0.15, 0.2) is 30.3 Å². The lowest BCUT2D eigenvalue weighted by Gasteiger charge is -2.27. The molecule has 0 unspecified atom stereocenters. The molecule has 3 aromatic rings. The summed E-state index contributed by atoms with van der Waals surface area (Å²) in [6.45, 7) is 0.560. The van der Waals surface area contributed by atoms with Gasteiger partial charge in [-0.25, -0.2) is 13.2 Å². The van der Waals surface area contributed by atoms with Crippen molar-refractivity contribution >= 4 is 17.3 Å². The standard InChI is InChI=1S/C20H19F3N6O/c1-28-19(10-7-13(21)17(23)14(22)8-10)11-5-6-29(9-16(11)27-28)20(30)12-3-2-4-15(26-25)18(12)24/h2-4,7-8,26H,5-6,9,24-25H2,1H3. The number of fused-ring (bicyclic) bond motifs is 1. The summed E-state index contributed by atoms with van der Waals surface area (Å²) in [6, 6.07) is 6.83. The van der Waals surface area contributed by atoms with Gasteiger partial charge in [-0.1, -0.05) is 6.07 Å². The first-order valence-corrected chi connectivity index (χ1v) is 9.15. The van der Waals surface area contributed by atoms with E-state index in [9.17, 15) is 18.0 Å². The predicted octanol–water partition coefficient (Wildman–Crippen LogP) is 2.57. The normalized spacial score (nSPS) is 13.3. The Balaban J connectivity index is 1.67. The van der Waals surface area contributed by atoms with Crippen molar-refractivity contribution in [1.82, 2.24) is 14.7 Å². The zero-order valence-corrected chi connectivity index (χ0v) is 16.0. The maximum atomic E-state index is 13.7. The molecule has 0 saturated heterocycles. The number of amides is 1. The molecule has 1 aromatic heterocycles. The van der Waals surface area contributed by atoms with Gasteiger partial charge in [0, 0.05) is 24.7 Å². The quantitative estimate of drug-likeness (QED) is 0.264. The van der Waals surface area contributed by atoms with Crippen molar-refractivity contribution in [2.75, 3.05) is 17.7 Å². The molecule has 0 aliphatic carbocycles. The molecule has 10 heteroatoms. The lowest BCUT2D eigenvalue weighted by Crippen LogP contribution is -2.36. The van der Waals surface area contributed by atoms with E-state index in [1.165, 1.54) is 4.68 Å². The second-order valence-electron chi connectivity index (χ2n) is 7.04. The van der Waals surface area contributed by atoms with Crippen LogP contribution in [0.1, 0.15) is 21.6 Å². The topological polar surface area (TPSA) is 102 Å². The Morgan fingerprint density at radius 1 is 1.20 bits per heavy atom. The van der Waals surface area contributed by atoms with Gasteiger partial charge >= 0.3 is 0 Å². The summed E-state index contributed by atoms with van der Waals surface area (Å²) in [7, 11) is 1.63. The highest BCUT2D eigenvalue weighted by Crippen LogP contribution is 2.32. The summed E-state index contributed by atoms with van der Waals surface area (Å²) in [5.74, 6) is 1.10. The van der Waals surface area contributed by atoms with E-state index in [-0.39, 0.29) is 23.7 Å². The second-order valence-corrected chi connectivity index (χ2v) is 7.04. The Hall–Kier alpha value is -3.53. The van der Waals surface area contributed by atoms with Gasteiger partial charge in [0.25, 0.3) is 5.91 Å². The van der Waals surface area contributed by atoms with Crippen LogP contribution < -0.4 is 17.0 Å². The minimum absolute atomic E-state index is 0.188. The molecule has 0 fully saturated rings. The number of anilines is 2. The van der Waals surface area contributed by atoms with Gasteiger partial charge in [-0.2, -0.15) is 5.10 Å². The highest BCUT2D eigenvalue weighted by molar-refractivity contribution is 6.01. The van der Waals surface area contributed by atoms with Crippen molar-refractivity contribution in [2.24, 2.45) is 12.9 Å². The van der Waals surface area contributed by atoms with Gasteiger partial charge < -0.3 is 16.1 Å². The summed E-state index contributed by atoms with van der Waals surface area (Å²) in [6.07, 6.45) is 0.416. The predicted molar refractivity (Wildman–Crippen MR) is 106 cm³/mol. The minimum Gasteiger partial charge on any atom is -0.396 e. The molecule has 0 bridgehead atoms.